The number of benzene rings is 1. The van der Waals surface area contributed by atoms with Gasteiger partial charge in [-0.05, 0) is 19.1 Å². The van der Waals surface area contributed by atoms with E-state index in [1.54, 1.807) is 7.11 Å². The van der Waals surface area contributed by atoms with Gasteiger partial charge in [0.2, 0.25) is 0 Å². The predicted molar refractivity (Wildman–Crippen MR) is 55.0 cm³/mol. The second-order valence-corrected chi connectivity index (χ2v) is 2.84. The topological polar surface area (TPSA) is 38.7 Å². The molecule has 0 spiro atoms. The number of methoxy groups -OCH3 is 1. The van der Waals surface area contributed by atoms with E-state index in [2.05, 4.69) is 0 Å². The number of aliphatic hydroxyl groups is 1. The lowest BCUT2D eigenvalue weighted by Crippen LogP contribution is -2.01. The minimum absolute atomic E-state index is 0.0977. The van der Waals surface area contributed by atoms with Crippen LogP contribution in [0.25, 0.3) is 0 Å². The van der Waals surface area contributed by atoms with Crippen molar-refractivity contribution in [2.75, 3.05) is 20.3 Å². The molecular formula is C11H16O3. The summed E-state index contributed by atoms with van der Waals surface area (Å²) in [5, 5.41) is 8.92. The second-order valence-electron chi connectivity index (χ2n) is 2.84. The molecule has 0 aliphatic heterocycles. The van der Waals surface area contributed by atoms with Crippen LogP contribution >= 0.6 is 0 Å². The molecule has 0 atom stereocenters. The van der Waals surface area contributed by atoms with Gasteiger partial charge in [0.05, 0.1) is 13.7 Å². The lowest BCUT2D eigenvalue weighted by Gasteiger charge is -2.12. The highest BCUT2D eigenvalue weighted by Crippen LogP contribution is 2.28. The van der Waals surface area contributed by atoms with E-state index in [-0.39, 0.29) is 6.61 Å². The van der Waals surface area contributed by atoms with Crippen molar-refractivity contribution in [3.05, 3.63) is 23.8 Å². The van der Waals surface area contributed by atoms with Crippen LogP contribution in [0.15, 0.2) is 18.2 Å². The maximum atomic E-state index is 8.92. The highest BCUT2D eigenvalue weighted by atomic mass is 16.5. The molecule has 3 nitrogen and oxygen atoms in total. The molecule has 0 amide bonds. The van der Waals surface area contributed by atoms with Crippen LogP contribution in [0.4, 0.5) is 0 Å². The quantitative estimate of drug-likeness (QED) is 0.777. The fourth-order valence-electron chi connectivity index (χ4n) is 1.39. The molecule has 1 N–H and O–H groups in total. The standard InChI is InChI=1S/C11H16O3/c1-3-14-11-6-4-5-10(13-2)9(11)7-8-12/h4-6,12H,3,7-8H2,1-2H3. The summed E-state index contributed by atoms with van der Waals surface area (Å²) in [5.41, 5.74) is 0.930. The lowest BCUT2D eigenvalue weighted by atomic mass is 10.1. The number of aliphatic hydroxyl groups excluding tert-OH is 1. The van der Waals surface area contributed by atoms with Crippen LogP contribution in [0, 0.1) is 0 Å². The third-order valence-corrected chi connectivity index (χ3v) is 1.97. The molecule has 0 saturated heterocycles. The largest absolute Gasteiger partial charge is 0.496 e. The molecule has 1 rings (SSSR count). The summed E-state index contributed by atoms with van der Waals surface area (Å²) < 4.78 is 10.6. The molecule has 1 aromatic rings. The lowest BCUT2D eigenvalue weighted by molar-refractivity contribution is 0.288. The van der Waals surface area contributed by atoms with Crippen LogP contribution in [0.1, 0.15) is 12.5 Å². The Morgan fingerprint density at radius 2 is 2.00 bits per heavy atom. The van der Waals surface area contributed by atoms with E-state index in [1.807, 2.05) is 25.1 Å². The van der Waals surface area contributed by atoms with Crippen LogP contribution in [-0.2, 0) is 6.42 Å². The van der Waals surface area contributed by atoms with Crippen LogP contribution in [-0.4, -0.2) is 25.4 Å². The van der Waals surface area contributed by atoms with Gasteiger partial charge in [-0.3, -0.25) is 0 Å². The number of hydrogen-bond acceptors (Lipinski definition) is 3. The van der Waals surface area contributed by atoms with E-state index in [9.17, 15) is 0 Å². The molecule has 0 saturated carbocycles. The Bertz CT molecular complexity index is 284. The van der Waals surface area contributed by atoms with Crippen molar-refractivity contribution in [3.8, 4) is 11.5 Å². The van der Waals surface area contributed by atoms with Crippen molar-refractivity contribution < 1.29 is 14.6 Å². The summed E-state index contributed by atoms with van der Waals surface area (Å²) in [5.74, 6) is 1.56. The van der Waals surface area contributed by atoms with Gasteiger partial charge in [-0.1, -0.05) is 6.07 Å². The minimum Gasteiger partial charge on any atom is -0.496 e. The molecular weight excluding hydrogens is 180 g/mol. The van der Waals surface area contributed by atoms with Crippen molar-refractivity contribution in [1.29, 1.82) is 0 Å². The highest BCUT2D eigenvalue weighted by molar-refractivity contribution is 5.44. The molecule has 78 valence electrons. The van der Waals surface area contributed by atoms with Gasteiger partial charge in [0, 0.05) is 18.6 Å². The van der Waals surface area contributed by atoms with Gasteiger partial charge in [0.25, 0.3) is 0 Å². The van der Waals surface area contributed by atoms with Crippen LogP contribution in [0.3, 0.4) is 0 Å². The van der Waals surface area contributed by atoms with E-state index in [0.717, 1.165) is 17.1 Å². The third-order valence-electron chi connectivity index (χ3n) is 1.97. The molecule has 0 unspecified atom stereocenters. The van der Waals surface area contributed by atoms with E-state index < -0.39 is 0 Å². The average Bonchev–Trinajstić information content (AvgIpc) is 2.21. The molecule has 0 aliphatic rings. The summed E-state index contributed by atoms with van der Waals surface area (Å²) in [6, 6.07) is 5.63. The Kier molecular flexibility index (Phi) is 4.26. The normalized spacial score (nSPS) is 9.93. The third kappa shape index (κ3) is 2.39. The van der Waals surface area contributed by atoms with Crippen molar-refractivity contribution in [2.45, 2.75) is 13.3 Å². The zero-order chi connectivity index (χ0) is 10.4. The Morgan fingerprint density at radius 1 is 1.29 bits per heavy atom. The second kappa shape index (κ2) is 5.50. The Labute approximate surface area is 84.3 Å². The van der Waals surface area contributed by atoms with Crippen LogP contribution < -0.4 is 9.47 Å². The summed E-state index contributed by atoms with van der Waals surface area (Å²) in [6.07, 6.45) is 0.555. The molecule has 0 heterocycles. The Hall–Kier alpha value is -1.22. The monoisotopic (exact) mass is 196 g/mol. The molecule has 0 fully saturated rings. The fraction of sp³-hybridized carbons (Fsp3) is 0.455. The molecule has 3 heteroatoms. The maximum absolute atomic E-state index is 8.92. The van der Waals surface area contributed by atoms with Gasteiger partial charge in [-0.15, -0.1) is 0 Å². The minimum atomic E-state index is 0.0977. The average molecular weight is 196 g/mol. The summed E-state index contributed by atoms with van der Waals surface area (Å²) in [4.78, 5) is 0. The van der Waals surface area contributed by atoms with Gasteiger partial charge in [-0.2, -0.15) is 0 Å². The number of rotatable bonds is 5. The van der Waals surface area contributed by atoms with E-state index in [1.165, 1.54) is 0 Å². The van der Waals surface area contributed by atoms with Crippen LogP contribution in [0.2, 0.25) is 0 Å². The summed E-state index contributed by atoms with van der Waals surface area (Å²) in [7, 11) is 1.62. The fourth-order valence-corrected chi connectivity index (χ4v) is 1.39. The van der Waals surface area contributed by atoms with E-state index >= 15 is 0 Å². The van der Waals surface area contributed by atoms with Crippen LogP contribution in [0.5, 0.6) is 11.5 Å². The van der Waals surface area contributed by atoms with Crippen molar-refractivity contribution in [2.24, 2.45) is 0 Å². The van der Waals surface area contributed by atoms with Gasteiger partial charge < -0.3 is 14.6 Å². The zero-order valence-electron chi connectivity index (χ0n) is 8.62. The number of ether oxygens (including phenoxy) is 2. The molecule has 0 radical (unpaired) electrons. The first-order chi connectivity index (χ1) is 6.83. The SMILES string of the molecule is CCOc1cccc(OC)c1CCO. The Morgan fingerprint density at radius 3 is 2.57 bits per heavy atom. The van der Waals surface area contributed by atoms with Gasteiger partial charge >= 0.3 is 0 Å². The maximum Gasteiger partial charge on any atom is 0.126 e. The molecule has 0 bridgehead atoms. The van der Waals surface area contributed by atoms with Crippen molar-refractivity contribution >= 4 is 0 Å². The van der Waals surface area contributed by atoms with Crippen molar-refractivity contribution in [3.63, 3.8) is 0 Å². The van der Waals surface area contributed by atoms with E-state index in [4.69, 9.17) is 14.6 Å². The van der Waals surface area contributed by atoms with Gasteiger partial charge in [0.1, 0.15) is 11.5 Å². The first kappa shape index (κ1) is 10.9. The summed E-state index contributed by atoms with van der Waals surface area (Å²) in [6.45, 7) is 2.65. The zero-order valence-corrected chi connectivity index (χ0v) is 8.62. The molecule has 0 aromatic heterocycles. The molecule has 14 heavy (non-hydrogen) atoms. The van der Waals surface area contributed by atoms with E-state index in [0.29, 0.717) is 13.0 Å². The molecule has 0 aliphatic carbocycles. The highest BCUT2D eigenvalue weighted by Gasteiger charge is 2.08. The summed E-state index contributed by atoms with van der Waals surface area (Å²) >= 11 is 0. The predicted octanol–water partition coefficient (Wildman–Crippen LogP) is 1.63. The first-order valence-corrected chi connectivity index (χ1v) is 4.73. The van der Waals surface area contributed by atoms with Gasteiger partial charge in [0.15, 0.2) is 0 Å². The first-order valence-electron chi connectivity index (χ1n) is 4.73. The number of hydrogen-bond donors (Lipinski definition) is 1. The molecule has 1 aromatic carbocycles. The van der Waals surface area contributed by atoms with Gasteiger partial charge in [-0.25, -0.2) is 0 Å². The Balaban J connectivity index is 3.00. The smallest absolute Gasteiger partial charge is 0.126 e. The van der Waals surface area contributed by atoms with Crippen molar-refractivity contribution in [1.82, 2.24) is 0 Å².